The van der Waals surface area contributed by atoms with Crippen molar-refractivity contribution >= 4 is 11.9 Å². The van der Waals surface area contributed by atoms with Crippen molar-refractivity contribution in [3.63, 3.8) is 0 Å². The number of hydrogen-bond acceptors (Lipinski definition) is 4. The molecule has 0 aliphatic rings. The predicted molar refractivity (Wildman–Crippen MR) is 55.0 cm³/mol. The van der Waals surface area contributed by atoms with E-state index >= 15 is 0 Å². The number of aliphatic carboxylic acids is 1. The molecule has 0 aromatic rings. The Balaban J connectivity index is 0. The summed E-state index contributed by atoms with van der Waals surface area (Å²) in [5.41, 5.74) is 0.176. The summed E-state index contributed by atoms with van der Waals surface area (Å²) in [5, 5.41) is 16.7. The highest BCUT2D eigenvalue weighted by molar-refractivity contribution is 5.84. The first-order chi connectivity index (χ1) is 6.60. The Morgan fingerprint density at radius 3 is 1.80 bits per heavy atom. The fourth-order valence-corrected chi connectivity index (χ4v) is 0.288. The van der Waals surface area contributed by atoms with Crippen LogP contribution < -0.4 is 0 Å². The van der Waals surface area contributed by atoms with Gasteiger partial charge in [-0.1, -0.05) is 13.2 Å². The van der Waals surface area contributed by atoms with Gasteiger partial charge in [-0.25, -0.2) is 9.59 Å². The number of esters is 1. The zero-order chi connectivity index (χ0) is 12.6. The number of ether oxygens (including phenoxy) is 1. The fraction of sp³-hybridized carbons (Fsp3) is 0.400. The van der Waals surface area contributed by atoms with Crippen LogP contribution in [0.25, 0.3) is 0 Å². The summed E-state index contributed by atoms with van der Waals surface area (Å²) in [4.78, 5) is 19.9. The molecule has 2 N–H and O–H groups in total. The molecule has 86 valence electrons. The van der Waals surface area contributed by atoms with E-state index in [9.17, 15) is 9.59 Å². The Hall–Kier alpha value is -1.62. The van der Waals surface area contributed by atoms with Crippen LogP contribution in [-0.4, -0.2) is 27.9 Å². The molecule has 5 heteroatoms. The van der Waals surface area contributed by atoms with Gasteiger partial charge in [-0.2, -0.15) is 0 Å². The van der Waals surface area contributed by atoms with E-state index in [2.05, 4.69) is 17.9 Å². The van der Waals surface area contributed by atoms with Crippen molar-refractivity contribution in [2.24, 2.45) is 0 Å². The molecule has 0 saturated heterocycles. The van der Waals surface area contributed by atoms with Gasteiger partial charge in [0.25, 0.3) is 0 Å². The van der Waals surface area contributed by atoms with Crippen LogP contribution in [0.5, 0.6) is 0 Å². The number of hydrogen-bond donors (Lipinski definition) is 2. The largest absolute Gasteiger partial charge is 0.478 e. The van der Waals surface area contributed by atoms with Crippen LogP contribution in [0.4, 0.5) is 0 Å². The zero-order valence-corrected chi connectivity index (χ0v) is 9.11. The molecule has 0 aliphatic heterocycles. The molecular formula is C10H16O5. The van der Waals surface area contributed by atoms with Crippen molar-refractivity contribution in [1.82, 2.24) is 0 Å². The highest BCUT2D eigenvalue weighted by atomic mass is 16.7. The van der Waals surface area contributed by atoms with Crippen LogP contribution in [0, 0.1) is 0 Å². The minimum atomic E-state index is -1.40. The van der Waals surface area contributed by atoms with Crippen LogP contribution in [0.15, 0.2) is 24.8 Å². The average Bonchev–Trinajstić information content (AvgIpc) is 2.02. The Labute approximate surface area is 88.7 Å². The summed E-state index contributed by atoms with van der Waals surface area (Å²) in [6.45, 7) is 10.5. The van der Waals surface area contributed by atoms with E-state index in [1.54, 1.807) is 0 Å². The lowest BCUT2D eigenvalue weighted by Gasteiger charge is -2.15. The molecule has 0 aliphatic carbocycles. The normalized spacial score (nSPS) is 9.33. The van der Waals surface area contributed by atoms with Gasteiger partial charge in [0.05, 0.1) is 0 Å². The number of carbonyl (C=O) groups excluding carboxylic acids is 1. The van der Waals surface area contributed by atoms with Gasteiger partial charge in [-0.15, -0.1) is 0 Å². The van der Waals surface area contributed by atoms with Crippen molar-refractivity contribution in [2.75, 3.05) is 0 Å². The lowest BCUT2D eigenvalue weighted by molar-refractivity contribution is -0.189. The van der Waals surface area contributed by atoms with E-state index < -0.39 is 17.7 Å². The third-order valence-electron chi connectivity index (χ3n) is 0.882. The Bertz CT molecular complexity index is 247. The SMILES string of the molecule is C=C(C)C(=O)O.C=CC(=O)OC(C)(C)O. The lowest BCUT2D eigenvalue weighted by Crippen LogP contribution is -2.25. The van der Waals surface area contributed by atoms with Gasteiger partial charge >= 0.3 is 11.9 Å². The van der Waals surface area contributed by atoms with E-state index in [-0.39, 0.29) is 5.57 Å². The molecule has 5 nitrogen and oxygen atoms in total. The molecule has 0 atom stereocenters. The first-order valence-corrected chi connectivity index (χ1v) is 4.06. The minimum absolute atomic E-state index is 0.176. The van der Waals surface area contributed by atoms with Crippen molar-refractivity contribution in [2.45, 2.75) is 26.6 Å². The summed E-state index contributed by atoms with van der Waals surface area (Å²) in [6, 6.07) is 0. The summed E-state index contributed by atoms with van der Waals surface area (Å²) in [6.07, 6.45) is 0.998. The molecule has 0 saturated carbocycles. The maximum absolute atomic E-state index is 10.3. The van der Waals surface area contributed by atoms with Gasteiger partial charge in [0.1, 0.15) is 0 Å². The lowest BCUT2D eigenvalue weighted by atomic mass is 10.4. The molecule has 0 aromatic carbocycles. The Morgan fingerprint density at radius 2 is 1.73 bits per heavy atom. The third kappa shape index (κ3) is 15.2. The van der Waals surface area contributed by atoms with Gasteiger partial charge in [-0.05, 0) is 6.92 Å². The highest BCUT2D eigenvalue weighted by Gasteiger charge is 2.15. The van der Waals surface area contributed by atoms with Crippen molar-refractivity contribution in [3.8, 4) is 0 Å². The second-order valence-corrected chi connectivity index (χ2v) is 3.16. The number of rotatable bonds is 3. The topological polar surface area (TPSA) is 83.8 Å². The van der Waals surface area contributed by atoms with E-state index in [0.717, 1.165) is 6.08 Å². The number of carboxylic acid groups (broad SMARTS) is 1. The molecule has 0 rings (SSSR count). The maximum Gasteiger partial charge on any atom is 0.332 e. The van der Waals surface area contributed by atoms with Crippen molar-refractivity contribution < 1.29 is 24.5 Å². The monoisotopic (exact) mass is 216 g/mol. The van der Waals surface area contributed by atoms with E-state index in [1.165, 1.54) is 20.8 Å². The standard InChI is InChI=1S/C6H10O3.C4H6O2/c1-4-5(7)9-6(2,3)8;1-3(2)4(5)6/h4,8H,1H2,2-3H3;1H2,2H3,(H,5,6). The van der Waals surface area contributed by atoms with Gasteiger partial charge in [0.2, 0.25) is 5.79 Å². The number of carbonyl (C=O) groups is 2. The molecular weight excluding hydrogens is 200 g/mol. The number of aliphatic hydroxyl groups is 1. The van der Waals surface area contributed by atoms with Gasteiger partial charge in [-0.3, -0.25) is 0 Å². The summed E-state index contributed by atoms with van der Waals surface area (Å²) in [5.74, 6) is -2.96. The molecule has 0 amide bonds. The molecule has 0 radical (unpaired) electrons. The van der Waals surface area contributed by atoms with E-state index in [4.69, 9.17) is 10.2 Å². The molecule has 0 spiro atoms. The van der Waals surface area contributed by atoms with E-state index in [1.807, 2.05) is 0 Å². The quantitative estimate of drug-likeness (QED) is 0.419. The molecule has 0 unspecified atom stereocenters. The van der Waals surface area contributed by atoms with Crippen LogP contribution >= 0.6 is 0 Å². The second-order valence-electron chi connectivity index (χ2n) is 3.16. The zero-order valence-electron chi connectivity index (χ0n) is 9.11. The highest BCUT2D eigenvalue weighted by Crippen LogP contribution is 2.02. The number of carboxylic acids is 1. The summed E-state index contributed by atoms with van der Waals surface area (Å²) >= 11 is 0. The van der Waals surface area contributed by atoms with Crippen LogP contribution in [0.2, 0.25) is 0 Å². The first kappa shape index (κ1) is 15.8. The fourth-order valence-electron chi connectivity index (χ4n) is 0.288. The van der Waals surface area contributed by atoms with Gasteiger partial charge < -0.3 is 14.9 Å². The molecule has 0 bridgehead atoms. The molecule has 0 fully saturated rings. The maximum atomic E-state index is 10.3. The third-order valence-corrected chi connectivity index (χ3v) is 0.882. The van der Waals surface area contributed by atoms with Crippen molar-refractivity contribution in [3.05, 3.63) is 24.8 Å². The van der Waals surface area contributed by atoms with Gasteiger partial charge in [0.15, 0.2) is 0 Å². The Kier molecular flexibility index (Phi) is 7.16. The van der Waals surface area contributed by atoms with Crippen LogP contribution in [0.1, 0.15) is 20.8 Å². The van der Waals surface area contributed by atoms with Crippen molar-refractivity contribution in [1.29, 1.82) is 0 Å². The summed E-state index contributed by atoms with van der Waals surface area (Å²) in [7, 11) is 0. The first-order valence-electron chi connectivity index (χ1n) is 4.06. The predicted octanol–water partition coefficient (Wildman–Crippen LogP) is 1.09. The smallest absolute Gasteiger partial charge is 0.332 e. The second kappa shape index (κ2) is 6.78. The average molecular weight is 216 g/mol. The summed E-state index contributed by atoms with van der Waals surface area (Å²) < 4.78 is 4.39. The Morgan fingerprint density at radius 1 is 1.40 bits per heavy atom. The van der Waals surface area contributed by atoms with E-state index in [0.29, 0.717) is 0 Å². The minimum Gasteiger partial charge on any atom is -0.478 e. The molecule has 0 aromatic heterocycles. The van der Waals surface area contributed by atoms with Crippen LogP contribution in [0.3, 0.4) is 0 Å². The van der Waals surface area contributed by atoms with Gasteiger partial charge in [0, 0.05) is 25.5 Å². The van der Waals surface area contributed by atoms with Crippen LogP contribution in [-0.2, 0) is 14.3 Å². The molecule has 0 heterocycles. The molecule has 15 heavy (non-hydrogen) atoms.